The van der Waals surface area contributed by atoms with Crippen molar-refractivity contribution in [3.05, 3.63) is 29.8 Å². The van der Waals surface area contributed by atoms with E-state index in [9.17, 15) is 8.78 Å². The van der Waals surface area contributed by atoms with Gasteiger partial charge in [-0.25, -0.2) is 0 Å². The minimum atomic E-state index is -3.56. The van der Waals surface area contributed by atoms with Crippen LogP contribution in [0, 0.1) is 0 Å². The fourth-order valence-electron chi connectivity index (χ4n) is 0.898. The molecule has 0 amide bonds. The maximum atomic E-state index is 13.4. The topological polar surface area (TPSA) is 26.0 Å². The second kappa shape index (κ2) is 3.72. The maximum absolute atomic E-state index is 13.4. The van der Waals surface area contributed by atoms with Crippen LogP contribution in [-0.4, -0.2) is 3.79 Å². The van der Waals surface area contributed by atoms with Crippen molar-refractivity contribution in [1.29, 1.82) is 0 Å². The Labute approximate surface area is 94.7 Å². The van der Waals surface area contributed by atoms with Gasteiger partial charge in [0.05, 0.1) is 0 Å². The standard InChI is InChI=1S/C8H6Cl3F2N/c9-8(10,11)7(12,13)5-2-1-3-6(14)4-5/h1-4H,14H2. The second-order valence-electron chi connectivity index (χ2n) is 2.70. The van der Waals surface area contributed by atoms with Crippen LogP contribution in [0.2, 0.25) is 0 Å². The maximum Gasteiger partial charge on any atom is 0.319 e. The molecule has 0 fully saturated rings. The minimum Gasteiger partial charge on any atom is -0.399 e. The highest BCUT2D eigenvalue weighted by Crippen LogP contribution is 2.49. The van der Waals surface area contributed by atoms with Gasteiger partial charge in [-0.1, -0.05) is 46.9 Å². The van der Waals surface area contributed by atoms with E-state index < -0.39 is 15.3 Å². The molecule has 1 aromatic carbocycles. The van der Waals surface area contributed by atoms with Crippen LogP contribution in [0.15, 0.2) is 24.3 Å². The number of rotatable bonds is 1. The Morgan fingerprint density at radius 3 is 2.14 bits per heavy atom. The molecule has 1 nitrogen and oxygen atoms in total. The molecule has 0 spiro atoms. The zero-order chi connectivity index (χ0) is 11.0. The molecule has 1 aromatic rings. The minimum absolute atomic E-state index is 0.191. The Morgan fingerprint density at radius 2 is 1.71 bits per heavy atom. The molecule has 0 aliphatic carbocycles. The molecule has 0 radical (unpaired) electrons. The van der Waals surface area contributed by atoms with Crippen molar-refractivity contribution in [1.82, 2.24) is 0 Å². The molecule has 0 heterocycles. The van der Waals surface area contributed by atoms with Crippen LogP contribution in [0.4, 0.5) is 14.5 Å². The molecule has 0 atom stereocenters. The highest BCUT2D eigenvalue weighted by Gasteiger charge is 2.51. The van der Waals surface area contributed by atoms with Crippen LogP contribution >= 0.6 is 34.8 Å². The van der Waals surface area contributed by atoms with Gasteiger partial charge >= 0.3 is 5.92 Å². The van der Waals surface area contributed by atoms with Crippen LogP contribution < -0.4 is 5.73 Å². The molecule has 0 aliphatic heterocycles. The summed E-state index contributed by atoms with van der Waals surface area (Å²) in [6, 6.07) is 5.06. The SMILES string of the molecule is Nc1cccc(C(F)(F)C(Cl)(Cl)Cl)c1. The average Bonchev–Trinajstić information content (AvgIpc) is 2.02. The van der Waals surface area contributed by atoms with Crippen molar-refractivity contribution in [2.45, 2.75) is 9.72 Å². The highest BCUT2D eigenvalue weighted by molar-refractivity contribution is 6.68. The lowest BCUT2D eigenvalue weighted by Crippen LogP contribution is -2.30. The number of halogens is 5. The fraction of sp³-hybridized carbons (Fsp3) is 0.250. The first kappa shape index (κ1) is 11.8. The van der Waals surface area contributed by atoms with Crippen molar-refractivity contribution >= 4 is 40.5 Å². The smallest absolute Gasteiger partial charge is 0.319 e. The van der Waals surface area contributed by atoms with E-state index in [1.54, 1.807) is 0 Å². The molecule has 1 rings (SSSR count). The summed E-state index contributed by atoms with van der Waals surface area (Å²) in [7, 11) is 0. The summed E-state index contributed by atoms with van der Waals surface area (Å²) >= 11 is 15.5. The molecule has 6 heteroatoms. The third kappa shape index (κ3) is 2.22. The number of hydrogen-bond donors (Lipinski definition) is 1. The van der Waals surface area contributed by atoms with E-state index in [2.05, 4.69) is 0 Å². The number of hydrogen-bond acceptors (Lipinski definition) is 1. The quantitative estimate of drug-likeness (QED) is 0.604. The van der Waals surface area contributed by atoms with Crippen LogP contribution in [0.3, 0.4) is 0 Å². The third-order valence-corrected chi connectivity index (χ3v) is 2.32. The lowest BCUT2D eigenvalue weighted by Gasteiger charge is -2.24. The number of alkyl halides is 5. The Balaban J connectivity index is 3.16. The van der Waals surface area contributed by atoms with Gasteiger partial charge < -0.3 is 5.73 Å². The zero-order valence-corrected chi connectivity index (χ0v) is 9.04. The monoisotopic (exact) mass is 259 g/mol. The lowest BCUT2D eigenvalue weighted by molar-refractivity contribution is -0.0000408. The molecule has 78 valence electrons. The Kier molecular flexibility index (Phi) is 3.14. The van der Waals surface area contributed by atoms with E-state index in [-0.39, 0.29) is 5.69 Å². The summed E-state index contributed by atoms with van der Waals surface area (Å²) in [6.07, 6.45) is 0. The molecule has 0 bridgehead atoms. The van der Waals surface area contributed by atoms with Gasteiger partial charge in [-0.15, -0.1) is 0 Å². The van der Waals surface area contributed by atoms with E-state index in [4.69, 9.17) is 40.5 Å². The van der Waals surface area contributed by atoms with Gasteiger partial charge in [0.25, 0.3) is 3.79 Å². The first-order chi connectivity index (χ1) is 6.25. The largest absolute Gasteiger partial charge is 0.399 e. The Hall–Kier alpha value is -0.250. The fourth-order valence-corrected chi connectivity index (χ4v) is 1.22. The third-order valence-electron chi connectivity index (χ3n) is 1.61. The van der Waals surface area contributed by atoms with Crippen molar-refractivity contribution in [3.63, 3.8) is 0 Å². The number of nitrogen functional groups attached to an aromatic ring is 1. The molecule has 0 unspecified atom stereocenters. The number of anilines is 1. The second-order valence-corrected chi connectivity index (χ2v) is 4.98. The van der Waals surface area contributed by atoms with Gasteiger partial charge in [-0.2, -0.15) is 8.78 Å². The Morgan fingerprint density at radius 1 is 1.14 bits per heavy atom. The summed E-state index contributed by atoms with van der Waals surface area (Å²) in [5.41, 5.74) is 5.11. The van der Waals surface area contributed by atoms with Crippen molar-refractivity contribution in [2.24, 2.45) is 0 Å². The van der Waals surface area contributed by atoms with E-state index in [0.29, 0.717) is 0 Å². The lowest BCUT2D eigenvalue weighted by atomic mass is 10.1. The first-order valence-corrected chi connectivity index (χ1v) is 4.69. The summed E-state index contributed by atoms with van der Waals surface area (Å²) in [4.78, 5) is 0. The molecule has 0 aliphatic rings. The molecular weight excluding hydrogens is 254 g/mol. The van der Waals surface area contributed by atoms with Gasteiger partial charge in [-0.3, -0.25) is 0 Å². The van der Waals surface area contributed by atoms with Crippen molar-refractivity contribution in [2.75, 3.05) is 5.73 Å². The van der Waals surface area contributed by atoms with E-state index in [1.807, 2.05) is 0 Å². The first-order valence-electron chi connectivity index (χ1n) is 3.55. The molecule has 0 aromatic heterocycles. The van der Waals surface area contributed by atoms with Gasteiger partial charge in [0.1, 0.15) is 0 Å². The summed E-state index contributed by atoms with van der Waals surface area (Å²) in [6.45, 7) is 0. The van der Waals surface area contributed by atoms with Crippen LogP contribution in [0.1, 0.15) is 5.56 Å². The zero-order valence-electron chi connectivity index (χ0n) is 6.78. The van der Waals surface area contributed by atoms with Crippen LogP contribution in [-0.2, 0) is 5.92 Å². The molecule has 2 N–H and O–H groups in total. The number of benzene rings is 1. The summed E-state index contributed by atoms with van der Waals surface area (Å²) in [5.74, 6) is -3.56. The number of nitrogens with two attached hydrogens (primary N) is 1. The molecule has 0 saturated carbocycles. The molecular formula is C8H6Cl3F2N. The summed E-state index contributed by atoms with van der Waals surface area (Å²) in [5, 5.41) is 0. The van der Waals surface area contributed by atoms with Gasteiger partial charge in [0, 0.05) is 11.3 Å². The van der Waals surface area contributed by atoms with Gasteiger partial charge in [0.2, 0.25) is 0 Å². The van der Waals surface area contributed by atoms with E-state index >= 15 is 0 Å². The predicted molar refractivity (Wildman–Crippen MR) is 55.0 cm³/mol. The predicted octanol–water partition coefficient (Wildman–Crippen LogP) is 3.73. The van der Waals surface area contributed by atoms with Gasteiger partial charge in [0.15, 0.2) is 0 Å². The summed E-state index contributed by atoms with van der Waals surface area (Å²) < 4.78 is 24.1. The van der Waals surface area contributed by atoms with E-state index in [1.165, 1.54) is 12.1 Å². The van der Waals surface area contributed by atoms with Crippen molar-refractivity contribution in [3.8, 4) is 0 Å². The average molecular weight is 260 g/mol. The van der Waals surface area contributed by atoms with Crippen molar-refractivity contribution < 1.29 is 8.78 Å². The molecule has 14 heavy (non-hydrogen) atoms. The molecule has 0 saturated heterocycles. The normalized spacial score (nSPS) is 12.9. The van der Waals surface area contributed by atoms with Crippen LogP contribution in [0.25, 0.3) is 0 Å². The highest BCUT2D eigenvalue weighted by atomic mass is 35.6. The van der Waals surface area contributed by atoms with E-state index in [0.717, 1.165) is 12.1 Å². The van der Waals surface area contributed by atoms with Gasteiger partial charge in [-0.05, 0) is 12.1 Å². The van der Waals surface area contributed by atoms with Crippen LogP contribution in [0.5, 0.6) is 0 Å². The Bertz CT molecular complexity index is 336.